The summed E-state index contributed by atoms with van der Waals surface area (Å²) in [6.07, 6.45) is 3.92. The number of hydrogen-bond acceptors (Lipinski definition) is 3. The van der Waals surface area contributed by atoms with Crippen molar-refractivity contribution >= 4 is 22.6 Å². The number of aromatic nitrogens is 1. The van der Waals surface area contributed by atoms with Crippen molar-refractivity contribution in [3.8, 4) is 0 Å². The van der Waals surface area contributed by atoms with Gasteiger partial charge in [0.15, 0.2) is 0 Å². The Morgan fingerprint density at radius 1 is 1.15 bits per heavy atom. The molecular formula is C20H27N3O3. The SMILES string of the molecule is CCCCN(CC)C(=O)CCNC(=O)Cn1ccc2ccccc2c1=O. The summed E-state index contributed by atoms with van der Waals surface area (Å²) in [4.78, 5) is 38.4. The first-order chi connectivity index (χ1) is 12.6. The van der Waals surface area contributed by atoms with E-state index in [1.807, 2.05) is 30.0 Å². The summed E-state index contributed by atoms with van der Waals surface area (Å²) < 4.78 is 1.39. The maximum absolute atomic E-state index is 12.4. The highest BCUT2D eigenvalue weighted by molar-refractivity contribution is 5.82. The van der Waals surface area contributed by atoms with E-state index in [0.29, 0.717) is 11.9 Å². The van der Waals surface area contributed by atoms with Gasteiger partial charge < -0.3 is 14.8 Å². The van der Waals surface area contributed by atoms with Gasteiger partial charge in [0.05, 0.1) is 0 Å². The van der Waals surface area contributed by atoms with Crippen molar-refractivity contribution in [2.75, 3.05) is 19.6 Å². The second-order valence-electron chi connectivity index (χ2n) is 6.26. The molecule has 140 valence electrons. The summed E-state index contributed by atoms with van der Waals surface area (Å²) in [6, 6.07) is 9.11. The van der Waals surface area contributed by atoms with Crippen LogP contribution in [0.5, 0.6) is 0 Å². The minimum absolute atomic E-state index is 0.0455. The van der Waals surface area contributed by atoms with Gasteiger partial charge in [-0.3, -0.25) is 14.4 Å². The van der Waals surface area contributed by atoms with E-state index in [-0.39, 0.29) is 36.9 Å². The number of nitrogens with zero attached hydrogens (tertiary/aromatic N) is 2. The number of nitrogens with one attached hydrogen (secondary N) is 1. The molecule has 0 aliphatic rings. The molecule has 0 saturated carbocycles. The number of amides is 2. The number of benzene rings is 1. The standard InChI is InChI=1S/C20H27N3O3/c1-3-5-13-22(4-2)19(25)10-12-21-18(24)15-23-14-11-16-8-6-7-9-17(16)20(23)26/h6-9,11,14H,3-5,10,12-13,15H2,1-2H3,(H,21,24). The molecule has 6 nitrogen and oxygen atoms in total. The minimum Gasteiger partial charge on any atom is -0.354 e. The Labute approximate surface area is 153 Å². The summed E-state index contributed by atoms with van der Waals surface area (Å²) in [5.74, 6) is -0.226. The van der Waals surface area contributed by atoms with Crippen LogP contribution in [-0.2, 0) is 16.1 Å². The van der Waals surface area contributed by atoms with Crippen LogP contribution in [0.15, 0.2) is 41.3 Å². The van der Waals surface area contributed by atoms with E-state index < -0.39 is 0 Å². The molecule has 0 atom stereocenters. The van der Waals surface area contributed by atoms with Crippen LogP contribution in [0.2, 0.25) is 0 Å². The fraction of sp³-hybridized carbons (Fsp3) is 0.450. The zero-order valence-corrected chi connectivity index (χ0v) is 15.5. The number of pyridine rings is 1. The first-order valence-corrected chi connectivity index (χ1v) is 9.19. The van der Waals surface area contributed by atoms with Gasteiger partial charge in [-0.15, -0.1) is 0 Å². The van der Waals surface area contributed by atoms with Crippen LogP contribution < -0.4 is 10.9 Å². The zero-order chi connectivity index (χ0) is 18.9. The number of unbranched alkanes of at least 4 members (excludes halogenated alkanes) is 1. The van der Waals surface area contributed by atoms with E-state index in [9.17, 15) is 14.4 Å². The average molecular weight is 357 g/mol. The van der Waals surface area contributed by atoms with Gasteiger partial charge >= 0.3 is 0 Å². The zero-order valence-electron chi connectivity index (χ0n) is 15.5. The van der Waals surface area contributed by atoms with Crippen molar-refractivity contribution in [2.45, 2.75) is 39.7 Å². The average Bonchev–Trinajstić information content (AvgIpc) is 2.65. The predicted molar refractivity (Wildman–Crippen MR) is 103 cm³/mol. The topological polar surface area (TPSA) is 71.4 Å². The fourth-order valence-electron chi connectivity index (χ4n) is 2.84. The lowest BCUT2D eigenvalue weighted by Gasteiger charge is -2.20. The molecule has 0 aliphatic heterocycles. The molecule has 2 rings (SSSR count). The number of hydrogen-bond donors (Lipinski definition) is 1. The van der Waals surface area contributed by atoms with Crippen LogP contribution in [0.4, 0.5) is 0 Å². The smallest absolute Gasteiger partial charge is 0.258 e. The van der Waals surface area contributed by atoms with Crippen molar-refractivity contribution in [1.82, 2.24) is 14.8 Å². The first kappa shape index (κ1) is 19.7. The van der Waals surface area contributed by atoms with Gasteiger partial charge in [-0.1, -0.05) is 31.5 Å². The molecule has 2 aromatic rings. The highest BCUT2D eigenvalue weighted by Crippen LogP contribution is 2.07. The van der Waals surface area contributed by atoms with Crippen molar-refractivity contribution in [3.63, 3.8) is 0 Å². The van der Waals surface area contributed by atoms with Crippen LogP contribution in [-0.4, -0.2) is 40.9 Å². The maximum atomic E-state index is 12.4. The summed E-state index contributed by atoms with van der Waals surface area (Å²) >= 11 is 0. The molecule has 0 bridgehead atoms. The van der Waals surface area contributed by atoms with Crippen LogP contribution in [0.3, 0.4) is 0 Å². The van der Waals surface area contributed by atoms with Crippen LogP contribution >= 0.6 is 0 Å². The lowest BCUT2D eigenvalue weighted by molar-refractivity contribution is -0.131. The van der Waals surface area contributed by atoms with Gasteiger partial charge in [0.25, 0.3) is 5.56 Å². The van der Waals surface area contributed by atoms with Gasteiger partial charge in [-0.05, 0) is 30.9 Å². The Bertz CT molecular complexity index is 813. The van der Waals surface area contributed by atoms with E-state index in [4.69, 9.17) is 0 Å². The molecule has 6 heteroatoms. The van der Waals surface area contributed by atoms with Crippen molar-refractivity contribution in [2.24, 2.45) is 0 Å². The molecule has 0 spiro atoms. The third-order valence-electron chi connectivity index (χ3n) is 4.38. The van der Waals surface area contributed by atoms with E-state index in [1.54, 1.807) is 18.3 Å². The van der Waals surface area contributed by atoms with Crippen molar-refractivity contribution < 1.29 is 9.59 Å². The molecule has 0 fully saturated rings. The maximum Gasteiger partial charge on any atom is 0.258 e. The largest absolute Gasteiger partial charge is 0.354 e. The molecule has 1 aromatic carbocycles. The Balaban J connectivity index is 1.86. The Hall–Kier alpha value is -2.63. The molecule has 0 aliphatic carbocycles. The number of carbonyl (C=O) groups is 2. The van der Waals surface area contributed by atoms with Crippen LogP contribution in [0.1, 0.15) is 33.1 Å². The lowest BCUT2D eigenvalue weighted by atomic mass is 10.2. The Morgan fingerprint density at radius 2 is 1.92 bits per heavy atom. The molecule has 0 radical (unpaired) electrons. The molecule has 1 aromatic heterocycles. The highest BCUT2D eigenvalue weighted by Gasteiger charge is 2.12. The molecule has 0 saturated heterocycles. The Kier molecular flexibility index (Phi) is 7.38. The molecule has 26 heavy (non-hydrogen) atoms. The summed E-state index contributed by atoms with van der Waals surface area (Å²) in [5.41, 5.74) is -0.189. The van der Waals surface area contributed by atoms with Crippen LogP contribution in [0.25, 0.3) is 10.8 Å². The predicted octanol–water partition coefficient (Wildman–Crippen LogP) is 2.16. The lowest BCUT2D eigenvalue weighted by Crippen LogP contribution is -2.37. The third kappa shape index (κ3) is 5.18. The molecule has 1 heterocycles. The highest BCUT2D eigenvalue weighted by atomic mass is 16.2. The van der Waals surface area contributed by atoms with Crippen molar-refractivity contribution in [3.05, 3.63) is 46.9 Å². The number of fused-ring (bicyclic) bond motifs is 1. The number of carbonyl (C=O) groups excluding carboxylic acids is 2. The van der Waals surface area contributed by atoms with Gasteiger partial charge in [0.1, 0.15) is 6.54 Å². The fourth-order valence-corrected chi connectivity index (χ4v) is 2.84. The van der Waals surface area contributed by atoms with E-state index >= 15 is 0 Å². The first-order valence-electron chi connectivity index (χ1n) is 9.19. The molecular weight excluding hydrogens is 330 g/mol. The van der Waals surface area contributed by atoms with Crippen molar-refractivity contribution in [1.29, 1.82) is 0 Å². The van der Waals surface area contributed by atoms with E-state index in [2.05, 4.69) is 12.2 Å². The summed E-state index contributed by atoms with van der Waals surface area (Å²) in [6.45, 7) is 5.71. The number of rotatable bonds is 9. The van der Waals surface area contributed by atoms with Gasteiger partial charge in [-0.25, -0.2) is 0 Å². The van der Waals surface area contributed by atoms with Gasteiger partial charge in [0, 0.05) is 37.6 Å². The molecule has 2 amide bonds. The van der Waals surface area contributed by atoms with Gasteiger partial charge in [0.2, 0.25) is 11.8 Å². The molecule has 1 N–H and O–H groups in total. The van der Waals surface area contributed by atoms with E-state index in [0.717, 1.165) is 24.8 Å². The monoisotopic (exact) mass is 357 g/mol. The van der Waals surface area contributed by atoms with E-state index in [1.165, 1.54) is 4.57 Å². The Morgan fingerprint density at radius 3 is 2.65 bits per heavy atom. The minimum atomic E-state index is -0.271. The summed E-state index contributed by atoms with van der Waals surface area (Å²) in [5, 5.41) is 4.17. The second-order valence-corrected chi connectivity index (χ2v) is 6.26. The van der Waals surface area contributed by atoms with Crippen LogP contribution in [0, 0.1) is 0 Å². The summed E-state index contributed by atoms with van der Waals surface area (Å²) in [7, 11) is 0. The quantitative estimate of drug-likeness (QED) is 0.747. The second kappa shape index (κ2) is 9.75. The molecule has 0 unspecified atom stereocenters. The normalized spacial score (nSPS) is 10.7. The third-order valence-corrected chi connectivity index (χ3v) is 4.38. The van der Waals surface area contributed by atoms with Gasteiger partial charge in [-0.2, -0.15) is 0 Å².